The maximum Gasteiger partial charge on any atom is 0.335 e. The lowest BCUT2D eigenvalue weighted by Crippen LogP contribution is -2.57. The fourth-order valence-corrected chi connectivity index (χ4v) is 20.4. The van der Waals surface area contributed by atoms with Gasteiger partial charge in [-0.25, -0.2) is 9.18 Å². The molecule has 8 saturated heterocycles. The molecule has 11 unspecified atom stereocenters. The predicted molar refractivity (Wildman–Crippen MR) is 494 cm³/mol. The molecule has 0 radical (unpaired) electrons. The molecule has 14 aliphatic heterocycles. The first-order chi connectivity index (χ1) is 70.2. The van der Waals surface area contributed by atoms with E-state index in [0.29, 0.717) is 27.6 Å². The third-order valence-corrected chi connectivity index (χ3v) is 27.7. The van der Waals surface area contributed by atoms with Gasteiger partial charge in [0.15, 0.2) is 0 Å². The molecule has 1 saturated carbocycles. The van der Waals surface area contributed by atoms with Gasteiger partial charge in [0.2, 0.25) is 94.5 Å². The van der Waals surface area contributed by atoms with E-state index in [1.165, 1.54) is 48.5 Å². The number of piperidine rings is 7. The fraction of sp³-hybridized carbons (Fsp3) is 0.297. The highest BCUT2D eigenvalue weighted by molar-refractivity contribution is 6.31. The second kappa shape index (κ2) is 39.3. The van der Waals surface area contributed by atoms with Gasteiger partial charge in [0.25, 0.3) is 70.9 Å². The summed E-state index contributed by atoms with van der Waals surface area (Å²) in [6, 6.07) is 24.6. The Morgan fingerprint density at radius 3 is 0.946 bits per heavy atom. The van der Waals surface area contributed by atoms with Gasteiger partial charge in [-0.1, -0.05) is 75.4 Å². The summed E-state index contributed by atoms with van der Waals surface area (Å²) < 4.78 is 13.2. The Balaban J connectivity index is 0.000000118. The minimum absolute atomic E-state index is 0.0319. The number of nitrogens with zero attached hydrogens (tertiary/aromatic N) is 7. The lowest BCUT2D eigenvalue weighted by Gasteiger charge is -2.34. The van der Waals surface area contributed by atoms with Crippen molar-refractivity contribution in [2.75, 3.05) is 5.73 Å². The zero-order chi connectivity index (χ0) is 106. The number of carbonyl (C=O) groups excluding carboxylic acids is 28. The molecule has 7 aromatic rings. The molecule has 23 rings (SSSR count). The van der Waals surface area contributed by atoms with Crippen molar-refractivity contribution in [3.05, 3.63) is 223 Å². The quantitative estimate of drug-likeness (QED) is 0.0588. The number of benzene rings is 7. The third kappa shape index (κ3) is 18.2. The number of rotatable bonds is 8. The highest BCUT2D eigenvalue weighted by atomic mass is 19.1. The summed E-state index contributed by atoms with van der Waals surface area (Å²) in [6.07, 6.45) is 6.49. The van der Waals surface area contributed by atoms with Gasteiger partial charge < -0.3 is 15.9 Å². The van der Waals surface area contributed by atoms with E-state index in [4.69, 9.17) is 10.8 Å². The number of phenols is 1. The van der Waals surface area contributed by atoms with Crippen LogP contribution in [0.15, 0.2) is 140 Å². The van der Waals surface area contributed by atoms with Crippen molar-refractivity contribution in [1.82, 2.24) is 71.5 Å². The van der Waals surface area contributed by atoms with Crippen LogP contribution >= 0.6 is 0 Å². The molecule has 11 N–H and O–H groups in total. The number of nitrogen functional groups attached to an aromatic ring is 1. The molecule has 47 heteroatoms. The molecule has 0 aromatic heterocycles. The number of hydrogen-bond donors (Lipinski definition) is 10. The van der Waals surface area contributed by atoms with Gasteiger partial charge in [-0.3, -0.25) is 206 Å². The van der Waals surface area contributed by atoms with Crippen molar-refractivity contribution in [2.45, 2.75) is 165 Å². The molecule has 2 bridgehead atoms. The highest BCUT2D eigenvalue weighted by Crippen LogP contribution is 2.53. The molecule has 148 heavy (non-hydrogen) atoms. The van der Waals surface area contributed by atoms with E-state index in [9.17, 15) is 149 Å². The number of carboxylic acids is 1. The number of halogens is 1. The molecule has 2 aliphatic carbocycles. The van der Waals surface area contributed by atoms with Gasteiger partial charge in [0.05, 0.1) is 73.0 Å². The van der Waals surface area contributed by atoms with Crippen LogP contribution in [0.3, 0.4) is 0 Å². The predicted octanol–water partition coefficient (Wildman–Crippen LogP) is 1.70. The molecule has 0 spiro atoms. The Morgan fingerprint density at radius 2 is 0.601 bits per heavy atom. The van der Waals surface area contributed by atoms with Crippen LogP contribution < -0.4 is 43.0 Å². The first kappa shape index (κ1) is 101. The van der Waals surface area contributed by atoms with Gasteiger partial charge in [-0.15, -0.1) is 0 Å². The Hall–Kier alpha value is -18.5. The van der Waals surface area contributed by atoms with Gasteiger partial charge >= 0.3 is 5.97 Å². The summed E-state index contributed by atoms with van der Waals surface area (Å²) in [7, 11) is 0. The van der Waals surface area contributed by atoms with Crippen molar-refractivity contribution in [3.8, 4) is 5.75 Å². The molecule has 28 amide bonds. The first-order valence-corrected chi connectivity index (χ1v) is 46.5. The Kier molecular flexibility index (Phi) is 26.8. The lowest BCUT2D eigenvalue weighted by molar-refractivity contribution is -0.152. The fourth-order valence-electron chi connectivity index (χ4n) is 20.4. The minimum Gasteiger partial charge on any atom is -0.507 e. The smallest absolute Gasteiger partial charge is 0.335 e. The first-order valence-electron chi connectivity index (χ1n) is 46.5. The number of hydrogen-bond acceptors (Lipinski definition) is 31. The van der Waals surface area contributed by atoms with E-state index in [2.05, 4.69) is 37.2 Å². The van der Waals surface area contributed by atoms with Crippen LogP contribution in [-0.4, -0.2) is 258 Å². The molecule has 11 atom stereocenters. The van der Waals surface area contributed by atoms with Gasteiger partial charge in [0, 0.05) is 67.1 Å². The number of phenolic OH excluding ortho intramolecular Hbond substituents is 1. The van der Waals surface area contributed by atoms with E-state index in [1.54, 1.807) is 42.5 Å². The number of anilines is 1. The van der Waals surface area contributed by atoms with E-state index >= 15 is 0 Å². The van der Waals surface area contributed by atoms with E-state index in [1.807, 2.05) is 51.1 Å². The van der Waals surface area contributed by atoms with E-state index < -0.39 is 190 Å². The van der Waals surface area contributed by atoms with E-state index in [-0.39, 0.29) is 210 Å². The highest BCUT2D eigenvalue weighted by Gasteiger charge is 2.62. The molecule has 9 fully saturated rings. The van der Waals surface area contributed by atoms with Crippen LogP contribution in [0.5, 0.6) is 5.75 Å². The zero-order valence-electron chi connectivity index (χ0n) is 78.1. The number of carboxylic acid groups (broad SMARTS) is 1. The molecule has 7 aromatic carbocycles. The number of amides is 28. The number of allylic oxidation sites excluding steroid dienone is 2. The molecular formula is C101H84FN15O31. The molecule has 16 aliphatic rings. The second-order valence-corrected chi connectivity index (χ2v) is 37.6. The SMILES string of the molecule is CC(C)(C)c1ccc2c(c1)C(=O)N(C1CCC(=O)NC1=O)C2=O.Nc1cccc2c1C(=O)N(C1CCC(=O)NC1=O)C2=O.O=C1CCC(N2C(=O)C3C4C=CC(C4)C3C2=O)C(=O)N1.O=C1CCC(N2C(=O)c3ccc(C(=O)O)cc3C2=O)C(=O)N1.O=C1CCC(N2C(=O)c3ccc(F)cc3C2=O)C(=O)N1.O=C1CCC(N2C(=O)c3cccc(O)c3C2=O)C(=O)N1.O=C1CCC(N2C(=O)c3cccc4cccc(c34)C2=O)C(=O)N1. The van der Waals surface area contributed by atoms with Gasteiger partial charge in [-0.05, 0) is 164 Å². The normalized spacial score (nSPS) is 24.4. The number of nitrogens with two attached hydrogens (primary N) is 1. The number of aromatic carboxylic acids is 1. The summed E-state index contributed by atoms with van der Waals surface area (Å²) >= 11 is 0. The van der Waals surface area contributed by atoms with Crippen LogP contribution in [-0.2, 0) is 82.1 Å². The van der Waals surface area contributed by atoms with Crippen molar-refractivity contribution < 1.29 is 154 Å². The number of carbonyl (C=O) groups is 29. The van der Waals surface area contributed by atoms with Crippen LogP contribution in [0.1, 0.15) is 257 Å². The monoisotopic (exact) mass is 2020 g/mol. The summed E-state index contributed by atoms with van der Waals surface area (Å²) in [5, 5.41) is 35.1. The average Bonchev–Trinajstić information content (AvgIpc) is 1.61. The van der Waals surface area contributed by atoms with Crippen LogP contribution in [0.2, 0.25) is 0 Å². The summed E-state index contributed by atoms with van der Waals surface area (Å²) in [5.74, 6) is -17.3. The summed E-state index contributed by atoms with van der Waals surface area (Å²) in [5.41, 5.74) is 8.36. The van der Waals surface area contributed by atoms with Crippen LogP contribution in [0, 0.1) is 29.5 Å². The molecule has 14 heterocycles. The number of nitrogens with one attached hydrogen (secondary N) is 7. The topological polar surface area (TPSA) is 668 Å². The molecule has 46 nitrogen and oxygen atoms in total. The zero-order valence-corrected chi connectivity index (χ0v) is 78.1. The summed E-state index contributed by atoms with van der Waals surface area (Å²) in [6.45, 7) is 6.07. The average molecular weight is 2020 g/mol. The Labute approximate surface area is 832 Å². The maximum absolute atomic E-state index is 13.2. The van der Waals surface area contributed by atoms with Gasteiger partial charge in [0.1, 0.15) is 53.9 Å². The Morgan fingerprint density at radius 1 is 0.318 bits per heavy atom. The number of likely N-dealkylation sites (tertiary alicyclic amines) is 1. The van der Waals surface area contributed by atoms with Crippen LogP contribution in [0.25, 0.3) is 10.8 Å². The van der Waals surface area contributed by atoms with Gasteiger partial charge in [-0.2, -0.15) is 0 Å². The molecule has 756 valence electrons. The standard InChI is InChI=1S/C17H12N2O4.C17H18N2O4.C14H10N2O6.C14H14N2O4.C13H9FN2O4.C13H11N3O4.C13H10N2O5/c20-13-8-7-12(15(21)18-13)19-16(22)10-5-1-3-9-4-2-6-11(14(9)10)17(19)23;1-17(2,3)9-4-5-10-11(8-9)16(23)19(15(10)22)12-6-7-13(20)18-14(12)21;17-10-4-3-9(11(18)15-10)16-12(19)7-2-1-6(14(21)22)5-8(7)13(16)20;17-9-4-3-8(12(18)15-9)16-13(19)10-6-1-2-7(5-6)11(10)14(16)20;14-6-1-2-7-8(5-6)13(20)16(12(7)19)9-3-4-10(17)15-11(9)18;14-7-3-1-2-6-10(7)13(20)16(12(6)19)8-4-5-9(17)15-11(8)18;16-8-3-1-2-6-10(8)13(20)15(12(6)19)7-4-5-9(17)14-11(7)18/h1-6,12H,7-8H2,(H,18,20,21);4-5,8,12H,6-7H2,1-3H3,(H,18,20,21);1-2,5,9H,3-4H2,(H,21,22)(H,15,17,18);1-2,6-8,10-11H,3-5H2,(H,15,17,18);1-2,5,9H,3-4H2,(H,15,17,18);1-3,8H,4-5,14H2,(H,15,17,18);1-3,7,16H,4-5H2,(H,14,17,18). The largest absolute Gasteiger partial charge is 0.507 e. The van der Waals surface area contributed by atoms with Crippen molar-refractivity contribution in [2.24, 2.45) is 23.7 Å². The van der Waals surface area contributed by atoms with Crippen molar-refractivity contribution in [3.63, 3.8) is 0 Å². The number of imide groups is 14. The third-order valence-electron chi connectivity index (χ3n) is 27.7. The molecular weight excluding hydrogens is 1940 g/mol. The summed E-state index contributed by atoms with van der Waals surface area (Å²) in [4.78, 5) is 352. The second-order valence-electron chi connectivity index (χ2n) is 37.6. The van der Waals surface area contributed by atoms with Crippen molar-refractivity contribution in [1.29, 1.82) is 0 Å². The van der Waals surface area contributed by atoms with E-state index in [0.717, 1.165) is 69.9 Å². The Bertz CT molecular complexity index is 7170. The van der Waals surface area contributed by atoms with Crippen molar-refractivity contribution >= 4 is 188 Å². The number of fused-ring (bicyclic) bond motifs is 10. The van der Waals surface area contributed by atoms with Crippen LogP contribution in [0.4, 0.5) is 10.1 Å². The maximum atomic E-state index is 13.2. The lowest BCUT2D eigenvalue weighted by atomic mass is 9.85. The minimum atomic E-state index is -1.22. The number of aromatic hydroxyl groups is 1.